The summed E-state index contributed by atoms with van der Waals surface area (Å²) in [6.07, 6.45) is 2.09. The van der Waals surface area contributed by atoms with E-state index >= 15 is 0 Å². The van der Waals surface area contributed by atoms with Gasteiger partial charge in [-0.1, -0.05) is 0 Å². The summed E-state index contributed by atoms with van der Waals surface area (Å²) >= 11 is 0. The van der Waals surface area contributed by atoms with E-state index in [1.807, 2.05) is 6.92 Å². The van der Waals surface area contributed by atoms with Crippen LogP contribution in [0.2, 0.25) is 0 Å². The lowest BCUT2D eigenvalue weighted by Gasteiger charge is -2.12. The van der Waals surface area contributed by atoms with E-state index in [4.69, 9.17) is 9.47 Å². The normalized spacial score (nSPS) is 17.1. The van der Waals surface area contributed by atoms with Gasteiger partial charge in [0.25, 0.3) is 5.56 Å². The molecule has 1 unspecified atom stereocenters. The van der Waals surface area contributed by atoms with Gasteiger partial charge in [-0.2, -0.15) is 4.98 Å². The maximum absolute atomic E-state index is 11.4. The van der Waals surface area contributed by atoms with E-state index in [2.05, 4.69) is 9.97 Å². The van der Waals surface area contributed by atoms with Crippen molar-refractivity contribution in [1.29, 1.82) is 0 Å². The summed E-state index contributed by atoms with van der Waals surface area (Å²) in [5, 5.41) is 0. The molecule has 2 rings (SSSR count). The van der Waals surface area contributed by atoms with Crippen LogP contribution in [0.1, 0.15) is 31.5 Å². The number of nitrogens with zero attached hydrogens (tertiary/aromatic N) is 1. The predicted molar refractivity (Wildman–Crippen MR) is 58.8 cm³/mol. The Morgan fingerprint density at radius 1 is 1.62 bits per heavy atom. The molecule has 16 heavy (non-hydrogen) atoms. The van der Waals surface area contributed by atoms with Crippen LogP contribution in [0.15, 0.2) is 10.9 Å². The van der Waals surface area contributed by atoms with Crippen LogP contribution >= 0.6 is 0 Å². The van der Waals surface area contributed by atoms with Crippen molar-refractivity contribution in [1.82, 2.24) is 9.97 Å². The van der Waals surface area contributed by atoms with Gasteiger partial charge < -0.3 is 14.5 Å². The van der Waals surface area contributed by atoms with Gasteiger partial charge in [0.15, 0.2) is 0 Å². The molecule has 0 spiro atoms. The molecule has 1 aliphatic rings. The van der Waals surface area contributed by atoms with Gasteiger partial charge in [-0.15, -0.1) is 0 Å². The molecule has 1 N–H and O–H groups in total. The van der Waals surface area contributed by atoms with Crippen LogP contribution in [0.3, 0.4) is 0 Å². The highest BCUT2D eigenvalue weighted by molar-refractivity contribution is 5.14. The molecule has 1 saturated carbocycles. The molecule has 88 valence electrons. The molecule has 0 radical (unpaired) electrons. The van der Waals surface area contributed by atoms with Crippen LogP contribution in [-0.2, 0) is 4.74 Å². The zero-order valence-corrected chi connectivity index (χ0v) is 9.53. The SMILES string of the molecule is COCC(C)Oc1cc(=O)[nH]c(C2CC2)n1. The molecular formula is C11H16N2O3. The lowest BCUT2D eigenvalue weighted by Crippen LogP contribution is -2.20. The number of hydrogen-bond donors (Lipinski definition) is 1. The van der Waals surface area contributed by atoms with Crippen molar-refractivity contribution in [3.05, 3.63) is 22.2 Å². The van der Waals surface area contributed by atoms with Gasteiger partial charge >= 0.3 is 0 Å². The Labute approximate surface area is 93.8 Å². The van der Waals surface area contributed by atoms with Crippen molar-refractivity contribution in [3.8, 4) is 5.88 Å². The Balaban J connectivity index is 2.10. The lowest BCUT2D eigenvalue weighted by atomic mass is 10.4. The second-order valence-electron chi connectivity index (χ2n) is 4.13. The molecule has 5 nitrogen and oxygen atoms in total. The first-order valence-electron chi connectivity index (χ1n) is 5.46. The molecule has 0 amide bonds. The van der Waals surface area contributed by atoms with Crippen molar-refractivity contribution < 1.29 is 9.47 Å². The van der Waals surface area contributed by atoms with Gasteiger partial charge in [-0.25, -0.2) is 0 Å². The summed E-state index contributed by atoms with van der Waals surface area (Å²) in [6, 6.07) is 1.37. The maximum atomic E-state index is 11.4. The fourth-order valence-corrected chi connectivity index (χ4v) is 1.54. The van der Waals surface area contributed by atoms with Crippen molar-refractivity contribution >= 4 is 0 Å². The highest BCUT2D eigenvalue weighted by Gasteiger charge is 2.26. The summed E-state index contributed by atoms with van der Waals surface area (Å²) in [7, 11) is 1.61. The number of ether oxygens (including phenoxy) is 2. The van der Waals surface area contributed by atoms with E-state index < -0.39 is 0 Å². The number of aromatic nitrogens is 2. The Hall–Kier alpha value is -1.36. The Morgan fingerprint density at radius 2 is 2.38 bits per heavy atom. The van der Waals surface area contributed by atoms with E-state index in [1.54, 1.807) is 7.11 Å². The third-order valence-electron chi connectivity index (χ3n) is 2.42. The van der Waals surface area contributed by atoms with Crippen LogP contribution in [0, 0.1) is 0 Å². The minimum Gasteiger partial charge on any atom is -0.472 e. The van der Waals surface area contributed by atoms with E-state index in [0.29, 0.717) is 18.4 Å². The average Bonchev–Trinajstić information content (AvgIpc) is 2.99. The first-order valence-corrected chi connectivity index (χ1v) is 5.46. The molecular weight excluding hydrogens is 208 g/mol. The molecule has 1 aliphatic carbocycles. The third-order valence-corrected chi connectivity index (χ3v) is 2.42. The van der Waals surface area contributed by atoms with Gasteiger partial charge in [0.05, 0.1) is 12.7 Å². The third kappa shape index (κ3) is 2.82. The number of methoxy groups -OCH3 is 1. The lowest BCUT2D eigenvalue weighted by molar-refractivity contribution is 0.0886. The van der Waals surface area contributed by atoms with E-state index in [0.717, 1.165) is 18.7 Å². The van der Waals surface area contributed by atoms with Crippen LogP contribution in [0.4, 0.5) is 0 Å². The summed E-state index contributed by atoms with van der Waals surface area (Å²) < 4.78 is 10.5. The number of hydrogen-bond acceptors (Lipinski definition) is 4. The quantitative estimate of drug-likeness (QED) is 0.812. The largest absolute Gasteiger partial charge is 0.472 e. The number of aromatic amines is 1. The maximum Gasteiger partial charge on any atom is 0.254 e. The number of rotatable bonds is 5. The second-order valence-corrected chi connectivity index (χ2v) is 4.13. The van der Waals surface area contributed by atoms with Gasteiger partial charge in [-0.05, 0) is 19.8 Å². The summed E-state index contributed by atoms with van der Waals surface area (Å²) in [4.78, 5) is 18.4. The van der Waals surface area contributed by atoms with Gasteiger partial charge in [0, 0.05) is 13.0 Å². The average molecular weight is 224 g/mol. The molecule has 1 aromatic rings. The molecule has 1 heterocycles. The first kappa shape index (κ1) is 11.1. The minimum atomic E-state index is -0.156. The molecule has 0 aromatic carbocycles. The van der Waals surface area contributed by atoms with E-state index in [-0.39, 0.29) is 11.7 Å². The molecule has 1 fully saturated rings. The fraction of sp³-hybridized carbons (Fsp3) is 0.636. The molecule has 5 heteroatoms. The molecule has 0 aliphatic heterocycles. The van der Waals surface area contributed by atoms with Crippen molar-refractivity contribution in [2.75, 3.05) is 13.7 Å². The molecule has 1 aromatic heterocycles. The highest BCUT2D eigenvalue weighted by atomic mass is 16.5. The number of H-pyrrole nitrogens is 1. The summed E-state index contributed by atoms with van der Waals surface area (Å²) in [5.74, 6) is 1.54. The minimum absolute atomic E-state index is 0.105. The smallest absolute Gasteiger partial charge is 0.254 e. The van der Waals surface area contributed by atoms with Crippen molar-refractivity contribution in [2.24, 2.45) is 0 Å². The topological polar surface area (TPSA) is 64.2 Å². The second kappa shape index (κ2) is 4.65. The molecule has 1 atom stereocenters. The standard InChI is InChI=1S/C11H16N2O3/c1-7(6-15-2)16-10-5-9(14)12-11(13-10)8-3-4-8/h5,7-8H,3-4,6H2,1-2H3,(H,12,13,14). The molecule has 0 bridgehead atoms. The van der Waals surface area contributed by atoms with Gasteiger partial charge in [0.2, 0.25) is 5.88 Å². The fourth-order valence-electron chi connectivity index (χ4n) is 1.54. The Morgan fingerprint density at radius 3 is 3.00 bits per heavy atom. The van der Waals surface area contributed by atoms with Crippen LogP contribution in [0.5, 0.6) is 5.88 Å². The van der Waals surface area contributed by atoms with Crippen LogP contribution in [0.25, 0.3) is 0 Å². The van der Waals surface area contributed by atoms with Crippen LogP contribution < -0.4 is 10.3 Å². The van der Waals surface area contributed by atoms with E-state index in [1.165, 1.54) is 6.07 Å². The monoisotopic (exact) mass is 224 g/mol. The Kier molecular flexibility index (Phi) is 3.24. The Bertz CT molecular complexity index is 412. The van der Waals surface area contributed by atoms with Crippen molar-refractivity contribution in [2.45, 2.75) is 31.8 Å². The summed E-state index contributed by atoms with van der Waals surface area (Å²) in [6.45, 7) is 2.36. The van der Waals surface area contributed by atoms with Crippen molar-refractivity contribution in [3.63, 3.8) is 0 Å². The van der Waals surface area contributed by atoms with Gasteiger partial charge in [0.1, 0.15) is 11.9 Å². The molecule has 0 saturated heterocycles. The van der Waals surface area contributed by atoms with E-state index in [9.17, 15) is 4.79 Å². The summed E-state index contributed by atoms with van der Waals surface area (Å²) in [5.41, 5.74) is -0.156. The predicted octanol–water partition coefficient (Wildman–Crippen LogP) is 1.06. The van der Waals surface area contributed by atoms with Crippen LogP contribution in [-0.4, -0.2) is 29.8 Å². The number of nitrogens with one attached hydrogen (secondary N) is 1. The van der Waals surface area contributed by atoms with Gasteiger partial charge in [-0.3, -0.25) is 4.79 Å². The highest BCUT2D eigenvalue weighted by Crippen LogP contribution is 2.37. The zero-order chi connectivity index (χ0) is 11.5. The zero-order valence-electron chi connectivity index (χ0n) is 9.53. The first-order chi connectivity index (χ1) is 7.69.